The third-order valence-corrected chi connectivity index (χ3v) is 7.82. The SMILES string of the molecule is COc1cccc2c1C(=O)c1c(O)c3c(c(O)c1C2=O)C[C@@](O)(C(=O)CO)C[C@@H]3OC1C[C@@H](N)[C@@H](O)[C@@H](CF)O1. The third kappa shape index (κ3) is 4.17. The van der Waals surface area contributed by atoms with Crippen LogP contribution in [0.1, 0.15) is 61.9 Å². The number of aromatic hydroxyl groups is 2. The van der Waals surface area contributed by atoms with Gasteiger partial charge in [-0.1, -0.05) is 12.1 Å². The summed E-state index contributed by atoms with van der Waals surface area (Å²) in [6.07, 6.45) is -6.77. The van der Waals surface area contributed by atoms with Crippen LogP contribution >= 0.6 is 0 Å². The van der Waals surface area contributed by atoms with Gasteiger partial charge in [-0.15, -0.1) is 0 Å². The van der Waals surface area contributed by atoms with Crippen molar-refractivity contribution in [1.29, 1.82) is 0 Å². The number of phenolic OH excluding ortho intramolecular Hbond substituents is 2. The van der Waals surface area contributed by atoms with Gasteiger partial charge >= 0.3 is 0 Å². The lowest BCUT2D eigenvalue weighted by molar-refractivity contribution is -0.253. The van der Waals surface area contributed by atoms with Crippen molar-refractivity contribution in [2.45, 2.75) is 55.5 Å². The minimum Gasteiger partial charge on any atom is -0.507 e. The maximum absolute atomic E-state index is 13.6. The van der Waals surface area contributed by atoms with Crippen LogP contribution in [0.5, 0.6) is 17.2 Å². The Morgan fingerprint density at radius 3 is 2.52 bits per heavy atom. The van der Waals surface area contributed by atoms with Gasteiger partial charge in [0.25, 0.3) is 0 Å². The highest BCUT2D eigenvalue weighted by Crippen LogP contribution is 2.52. The fourth-order valence-corrected chi connectivity index (χ4v) is 5.76. The van der Waals surface area contributed by atoms with E-state index in [2.05, 4.69) is 0 Å². The van der Waals surface area contributed by atoms with E-state index < -0.39 is 102 Å². The van der Waals surface area contributed by atoms with Gasteiger partial charge in [-0.2, -0.15) is 0 Å². The fourth-order valence-electron chi connectivity index (χ4n) is 5.76. The van der Waals surface area contributed by atoms with E-state index in [0.717, 1.165) is 0 Å². The first-order valence-corrected chi connectivity index (χ1v) is 12.5. The van der Waals surface area contributed by atoms with Crippen LogP contribution in [0.25, 0.3) is 0 Å². The molecule has 1 unspecified atom stereocenters. The first-order chi connectivity index (χ1) is 19.0. The summed E-state index contributed by atoms with van der Waals surface area (Å²) in [6, 6.07) is 3.32. The van der Waals surface area contributed by atoms with Crippen LogP contribution in [0.15, 0.2) is 18.2 Å². The smallest absolute Gasteiger partial charge is 0.202 e. The molecule has 2 aliphatic carbocycles. The van der Waals surface area contributed by atoms with Gasteiger partial charge in [0.1, 0.15) is 42.2 Å². The lowest BCUT2D eigenvalue weighted by atomic mass is 9.72. The molecule has 0 spiro atoms. The summed E-state index contributed by atoms with van der Waals surface area (Å²) >= 11 is 0. The number of Topliss-reactive ketones (excluding diaryl/α,β-unsaturated/α-hetero) is 1. The van der Waals surface area contributed by atoms with Gasteiger partial charge in [-0.25, -0.2) is 4.39 Å². The number of phenols is 2. The Bertz CT molecular complexity index is 1410. The number of nitrogens with two attached hydrogens (primary N) is 1. The van der Waals surface area contributed by atoms with Gasteiger partial charge in [0.15, 0.2) is 17.9 Å². The maximum atomic E-state index is 13.6. The van der Waals surface area contributed by atoms with Crippen molar-refractivity contribution in [3.8, 4) is 17.2 Å². The van der Waals surface area contributed by atoms with Gasteiger partial charge in [0, 0.05) is 42.0 Å². The van der Waals surface area contributed by atoms with Crippen LogP contribution in [-0.2, 0) is 20.7 Å². The number of hydrogen-bond acceptors (Lipinski definition) is 12. The molecule has 1 fully saturated rings. The molecule has 0 bridgehead atoms. The molecule has 0 saturated carbocycles. The molecule has 1 aliphatic heterocycles. The number of fused-ring (bicyclic) bond motifs is 3. The second kappa shape index (κ2) is 10.2. The number of ketones is 3. The quantitative estimate of drug-likeness (QED) is 0.219. The number of rotatable bonds is 6. The number of methoxy groups -OCH3 is 1. The normalized spacial score (nSPS) is 29.4. The predicted molar refractivity (Wildman–Crippen MR) is 132 cm³/mol. The number of carbonyl (C=O) groups excluding carboxylic acids is 3. The first kappa shape index (κ1) is 28.1. The van der Waals surface area contributed by atoms with Gasteiger partial charge in [-0.05, 0) is 6.07 Å². The zero-order valence-corrected chi connectivity index (χ0v) is 21.3. The number of halogens is 1. The summed E-state index contributed by atoms with van der Waals surface area (Å²) in [5.74, 6) is -4.08. The molecule has 0 radical (unpaired) electrons. The van der Waals surface area contributed by atoms with Gasteiger partial charge in [0.2, 0.25) is 5.78 Å². The van der Waals surface area contributed by atoms with Gasteiger partial charge < -0.3 is 45.5 Å². The number of hydrogen-bond donors (Lipinski definition) is 6. The number of benzene rings is 2. The highest BCUT2D eigenvalue weighted by Gasteiger charge is 2.50. The number of carbonyl (C=O) groups is 3. The summed E-state index contributed by atoms with van der Waals surface area (Å²) in [7, 11) is 1.30. The molecule has 2 aromatic carbocycles. The summed E-state index contributed by atoms with van der Waals surface area (Å²) in [6.45, 7) is -2.16. The summed E-state index contributed by atoms with van der Waals surface area (Å²) in [5.41, 5.74) is 1.87. The zero-order chi connectivity index (χ0) is 29.1. The van der Waals surface area contributed by atoms with E-state index in [0.29, 0.717) is 0 Å². The molecular weight excluding hydrogens is 533 g/mol. The molecule has 2 aromatic rings. The average Bonchev–Trinajstić information content (AvgIpc) is 2.94. The molecule has 0 aromatic heterocycles. The highest BCUT2D eigenvalue weighted by atomic mass is 19.1. The monoisotopic (exact) mass is 561 g/mol. The second-order valence-electron chi connectivity index (χ2n) is 10.1. The van der Waals surface area contributed by atoms with E-state index in [1.165, 1.54) is 25.3 Å². The topological polar surface area (TPSA) is 206 Å². The lowest BCUT2D eigenvalue weighted by Gasteiger charge is -2.42. The van der Waals surface area contributed by atoms with Crippen molar-refractivity contribution in [2.24, 2.45) is 5.73 Å². The van der Waals surface area contributed by atoms with Crippen LogP contribution in [0.2, 0.25) is 0 Å². The largest absolute Gasteiger partial charge is 0.507 e. The Labute approximate surface area is 226 Å². The molecule has 40 heavy (non-hydrogen) atoms. The van der Waals surface area contributed by atoms with Crippen LogP contribution in [-0.4, -0.2) is 93.4 Å². The van der Waals surface area contributed by atoms with E-state index in [-0.39, 0.29) is 34.4 Å². The minimum atomic E-state index is -2.32. The number of alkyl halides is 1. The number of aliphatic hydroxyl groups excluding tert-OH is 2. The van der Waals surface area contributed by atoms with Crippen LogP contribution < -0.4 is 10.5 Å². The Balaban J connectivity index is 1.68. The molecule has 13 heteroatoms. The summed E-state index contributed by atoms with van der Waals surface area (Å²) < 4.78 is 30.1. The molecule has 7 N–H and O–H groups in total. The Hall–Kier alpha value is -3.46. The summed E-state index contributed by atoms with van der Waals surface area (Å²) in [4.78, 5) is 39.7. The first-order valence-electron chi connectivity index (χ1n) is 12.5. The molecule has 1 saturated heterocycles. The maximum Gasteiger partial charge on any atom is 0.202 e. The minimum absolute atomic E-state index is 0.0641. The van der Waals surface area contributed by atoms with Crippen molar-refractivity contribution < 1.29 is 58.5 Å². The number of aliphatic hydroxyl groups is 3. The second-order valence-corrected chi connectivity index (χ2v) is 10.1. The molecular formula is C27H28FNO11. The Kier molecular flexibility index (Phi) is 7.15. The molecule has 5 rings (SSSR count). The van der Waals surface area contributed by atoms with E-state index >= 15 is 0 Å². The highest BCUT2D eigenvalue weighted by molar-refractivity contribution is 6.31. The van der Waals surface area contributed by atoms with Gasteiger partial charge in [0.05, 0.1) is 36.0 Å². The molecule has 3 aliphatic rings. The van der Waals surface area contributed by atoms with Crippen LogP contribution in [0, 0.1) is 0 Å². The predicted octanol–water partition coefficient (Wildman–Crippen LogP) is -0.0491. The van der Waals surface area contributed by atoms with Crippen molar-refractivity contribution in [3.05, 3.63) is 51.6 Å². The zero-order valence-electron chi connectivity index (χ0n) is 21.3. The molecule has 12 nitrogen and oxygen atoms in total. The van der Waals surface area contributed by atoms with Gasteiger partial charge in [-0.3, -0.25) is 14.4 Å². The molecule has 0 amide bonds. The van der Waals surface area contributed by atoms with Crippen molar-refractivity contribution in [3.63, 3.8) is 0 Å². The van der Waals surface area contributed by atoms with Crippen molar-refractivity contribution in [2.75, 3.05) is 20.4 Å². The third-order valence-electron chi connectivity index (χ3n) is 7.82. The standard InChI is InChI=1S/C27H28FNO11/c1-38-13-4-2-3-10-18(13)25(35)21-20(22(10)32)23(33)11-6-27(37,16(31)9-30)7-14(19(11)26(21)36)39-17-5-12(29)24(34)15(8-28)40-17/h2-4,12,14-15,17,24,30,33-34,36-37H,5-9,29H2,1H3/t12-,14+,15-,17?,24-,27+/m1/s1. The van der Waals surface area contributed by atoms with E-state index in [9.17, 15) is 44.3 Å². The van der Waals surface area contributed by atoms with E-state index in [4.69, 9.17) is 19.9 Å². The average molecular weight is 562 g/mol. The number of ether oxygens (including phenoxy) is 3. The molecule has 6 atom stereocenters. The molecule has 214 valence electrons. The Morgan fingerprint density at radius 2 is 1.88 bits per heavy atom. The fraction of sp³-hybridized carbons (Fsp3) is 0.444. The van der Waals surface area contributed by atoms with Crippen LogP contribution in [0.4, 0.5) is 4.39 Å². The van der Waals surface area contributed by atoms with E-state index in [1.807, 2.05) is 0 Å². The van der Waals surface area contributed by atoms with E-state index in [1.54, 1.807) is 0 Å². The summed E-state index contributed by atoms with van der Waals surface area (Å²) in [5, 5.41) is 53.6. The van der Waals surface area contributed by atoms with Crippen molar-refractivity contribution in [1.82, 2.24) is 0 Å². The molecule has 1 heterocycles. The lowest BCUT2D eigenvalue weighted by Crippen LogP contribution is -2.54. The Morgan fingerprint density at radius 1 is 1.18 bits per heavy atom. The van der Waals surface area contributed by atoms with Crippen molar-refractivity contribution >= 4 is 17.3 Å². The van der Waals surface area contributed by atoms with Crippen LogP contribution in [0.3, 0.4) is 0 Å².